The Kier molecular flexibility index (Phi) is 16.6. The average Bonchev–Trinajstić information content (AvgIpc) is 2.99. The molecule has 2 aliphatic rings. The molecule has 0 amide bonds. The van der Waals surface area contributed by atoms with Gasteiger partial charge in [0.2, 0.25) is 0 Å². The van der Waals surface area contributed by atoms with Crippen LogP contribution >= 0.6 is 15.9 Å². The number of alkyl halides is 1. The van der Waals surface area contributed by atoms with Crippen LogP contribution in [0.3, 0.4) is 0 Å². The number of hydrogen-bond donors (Lipinski definition) is 0. The van der Waals surface area contributed by atoms with Gasteiger partial charge in [0, 0.05) is 37.3 Å². The van der Waals surface area contributed by atoms with Crippen LogP contribution in [0.25, 0.3) is 0 Å². The summed E-state index contributed by atoms with van der Waals surface area (Å²) in [6.45, 7) is 18.0. The lowest BCUT2D eigenvalue weighted by Crippen LogP contribution is -2.60. The van der Waals surface area contributed by atoms with Crippen molar-refractivity contribution in [1.29, 1.82) is 0 Å². The van der Waals surface area contributed by atoms with Gasteiger partial charge in [0.1, 0.15) is 23.6 Å². The van der Waals surface area contributed by atoms with Gasteiger partial charge in [0.15, 0.2) is 12.1 Å². The predicted molar refractivity (Wildman–Crippen MR) is 183 cm³/mol. The van der Waals surface area contributed by atoms with Crippen LogP contribution in [0.5, 0.6) is 0 Å². The lowest BCUT2D eigenvalue weighted by molar-refractivity contribution is -0.297. The lowest BCUT2D eigenvalue weighted by atomic mass is 9.79. The molecule has 0 aromatic carbocycles. The number of nitrogens with zero attached hydrogens (tertiary/aromatic N) is 1. The Labute approximate surface area is 286 Å². The maximum absolute atomic E-state index is 13.4. The zero-order valence-corrected chi connectivity index (χ0v) is 31.7. The third kappa shape index (κ3) is 11.2. The quantitative estimate of drug-likeness (QED) is 0.210. The summed E-state index contributed by atoms with van der Waals surface area (Å²) in [6, 6.07) is 0.0841. The highest BCUT2D eigenvalue weighted by molar-refractivity contribution is 9.10. The second-order valence-electron chi connectivity index (χ2n) is 14.0. The van der Waals surface area contributed by atoms with Gasteiger partial charge in [-0.1, -0.05) is 75.2 Å². The van der Waals surface area contributed by atoms with Gasteiger partial charge in [0.05, 0.1) is 12.2 Å². The van der Waals surface area contributed by atoms with Crippen LogP contribution < -0.4 is 0 Å². The molecule has 2 heterocycles. The molecular weight excluding hydrogens is 654 g/mol. The molecule has 264 valence electrons. The molecule has 2 aliphatic heterocycles. The molecule has 1 fully saturated rings. The Balaban J connectivity index is 2.46. The van der Waals surface area contributed by atoms with Crippen molar-refractivity contribution < 1.29 is 38.1 Å². The number of halogens is 1. The second-order valence-corrected chi connectivity index (χ2v) is 15.3. The minimum atomic E-state index is -0.614. The summed E-state index contributed by atoms with van der Waals surface area (Å²) in [6.07, 6.45) is 4.85. The van der Waals surface area contributed by atoms with Crippen LogP contribution in [0.4, 0.5) is 0 Å². The highest BCUT2D eigenvalue weighted by Crippen LogP contribution is 2.36. The zero-order chi connectivity index (χ0) is 34.9. The van der Waals surface area contributed by atoms with E-state index < -0.39 is 17.2 Å². The largest absolute Gasteiger partial charge is 0.464 e. The number of esters is 2. The first-order valence-corrected chi connectivity index (χ1v) is 17.8. The van der Waals surface area contributed by atoms with Gasteiger partial charge < -0.3 is 28.6 Å². The number of likely N-dealkylation sites (N-methyl/N-ethyl adjacent to an activating group) is 1. The van der Waals surface area contributed by atoms with Gasteiger partial charge in [-0.05, 0) is 71.5 Å². The van der Waals surface area contributed by atoms with E-state index in [1.165, 1.54) is 0 Å². The zero-order valence-electron chi connectivity index (χ0n) is 30.2. The van der Waals surface area contributed by atoms with Crippen molar-refractivity contribution in [3.63, 3.8) is 0 Å². The van der Waals surface area contributed by atoms with Crippen LogP contribution in [-0.4, -0.2) is 92.0 Å². The maximum atomic E-state index is 13.4. The molecule has 0 aromatic rings. The molecule has 2 rings (SSSR count). The van der Waals surface area contributed by atoms with E-state index in [1.807, 2.05) is 47.9 Å². The number of methoxy groups -OCH3 is 1. The van der Waals surface area contributed by atoms with Crippen LogP contribution in [0.1, 0.15) is 81.6 Å². The van der Waals surface area contributed by atoms with Gasteiger partial charge in [0.25, 0.3) is 0 Å². The van der Waals surface area contributed by atoms with Crippen molar-refractivity contribution in [3.05, 3.63) is 23.8 Å². The molecule has 0 spiro atoms. The number of cyclic esters (lactones) is 1. The molecule has 13 atom stereocenters. The van der Waals surface area contributed by atoms with Crippen LogP contribution in [0.15, 0.2) is 23.8 Å². The highest BCUT2D eigenvalue weighted by atomic mass is 79.9. The van der Waals surface area contributed by atoms with E-state index in [0.717, 1.165) is 5.57 Å². The fourth-order valence-corrected chi connectivity index (χ4v) is 6.94. The van der Waals surface area contributed by atoms with Gasteiger partial charge in [-0.15, -0.1) is 0 Å². The first-order chi connectivity index (χ1) is 21.5. The molecule has 0 N–H and O–H groups in total. The SMILES string of the molecule is CC[C@H]1OC(=O)C[C@@H](C)[C@H](C)[C@@H](OC2OC(C)C(C)C(N(C)C)C2OC)[C@@H](C)C[C@@H](C)C(=O)/C=C/C(C)=C/[C@@H]1COC(=O)C(C)Br. The number of ether oxygens (including phenoxy) is 5. The lowest BCUT2D eigenvalue weighted by Gasteiger charge is -2.48. The Hall–Kier alpha value is -1.59. The van der Waals surface area contributed by atoms with Crippen molar-refractivity contribution in [2.45, 2.75) is 123 Å². The Morgan fingerprint density at radius 1 is 1.04 bits per heavy atom. The summed E-state index contributed by atoms with van der Waals surface area (Å²) in [4.78, 5) is 40.7. The van der Waals surface area contributed by atoms with Crippen molar-refractivity contribution >= 4 is 33.7 Å². The molecule has 6 unspecified atom stereocenters. The van der Waals surface area contributed by atoms with Gasteiger partial charge >= 0.3 is 11.9 Å². The van der Waals surface area contributed by atoms with E-state index in [2.05, 4.69) is 48.5 Å². The molecular formula is C36H60BrNO8. The van der Waals surface area contributed by atoms with E-state index in [-0.39, 0.29) is 90.6 Å². The van der Waals surface area contributed by atoms with Gasteiger partial charge in [-0.2, -0.15) is 0 Å². The normalized spacial score (nSPS) is 39.7. The van der Waals surface area contributed by atoms with Crippen LogP contribution in [0.2, 0.25) is 0 Å². The van der Waals surface area contributed by atoms with Gasteiger partial charge in [-0.3, -0.25) is 14.4 Å². The summed E-state index contributed by atoms with van der Waals surface area (Å²) in [5.74, 6) is -1.24. The summed E-state index contributed by atoms with van der Waals surface area (Å²) >= 11 is 3.25. The standard InChI is InChI=1S/C36H60BrNO8/c1-13-30-28(19-43-35(41)26(8)37)16-20(2)14-15-29(39)22(4)17-23(5)33(24(6)21(3)18-31(40)45-30)46-36-34(42-12)32(38(10)11)25(7)27(9)44-36/h14-16,21-28,30,32-34,36H,13,17-19H2,1-12H3/b15-14+,20-16+/t21-,22-,23+,24+,25?,26?,27?,28-,30-,32?,33+,34?,36?/m1/s1. The summed E-state index contributed by atoms with van der Waals surface area (Å²) in [5.41, 5.74) is 0.824. The monoisotopic (exact) mass is 713 g/mol. The van der Waals surface area contributed by atoms with Crippen molar-refractivity contribution in [3.8, 4) is 0 Å². The smallest absolute Gasteiger partial charge is 0.319 e. The number of carbonyl (C=O) groups is 3. The molecule has 0 saturated carbocycles. The van der Waals surface area contributed by atoms with Crippen molar-refractivity contribution in [2.24, 2.45) is 35.5 Å². The number of hydrogen-bond acceptors (Lipinski definition) is 9. The molecule has 46 heavy (non-hydrogen) atoms. The second kappa shape index (κ2) is 18.8. The van der Waals surface area contributed by atoms with Crippen molar-refractivity contribution in [1.82, 2.24) is 4.90 Å². The van der Waals surface area contributed by atoms with E-state index >= 15 is 0 Å². The number of allylic oxidation sites excluding steroid dienone is 3. The van der Waals surface area contributed by atoms with E-state index in [4.69, 9.17) is 23.7 Å². The molecule has 9 nitrogen and oxygen atoms in total. The van der Waals surface area contributed by atoms with Crippen LogP contribution in [0, 0.1) is 35.5 Å². The Morgan fingerprint density at radius 3 is 2.26 bits per heavy atom. The molecule has 0 aliphatic carbocycles. The van der Waals surface area contributed by atoms with E-state index in [9.17, 15) is 14.4 Å². The topological polar surface area (TPSA) is 101 Å². The minimum Gasteiger partial charge on any atom is -0.464 e. The maximum Gasteiger partial charge on any atom is 0.319 e. The first-order valence-electron chi connectivity index (χ1n) is 16.9. The van der Waals surface area contributed by atoms with Crippen LogP contribution in [-0.2, 0) is 38.1 Å². The average molecular weight is 715 g/mol. The number of ketones is 1. The third-order valence-electron chi connectivity index (χ3n) is 9.96. The van der Waals surface area contributed by atoms with Gasteiger partial charge in [-0.25, -0.2) is 0 Å². The number of rotatable bonds is 8. The van der Waals surface area contributed by atoms with Crippen molar-refractivity contribution in [2.75, 3.05) is 27.8 Å². The Bertz CT molecular complexity index is 1060. The molecule has 0 aromatic heterocycles. The third-order valence-corrected chi connectivity index (χ3v) is 10.3. The minimum absolute atomic E-state index is 0.0155. The van der Waals surface area contributed by atoms with E-state index in [0.29, 0.717) is 12.8 Å². The summed E-state index contributed by atoms with van der Waals surface area (Å²) in [5, 5.41) is 0. The van der Waals surface area contributed by atoms with E-state index in [1.54, 1.807) is 26.2 Å². The molecule has 1 saturated heterocycles. The number of carbonyl (C=O) groups excluding carboxylic acids is 3. The first kappa shape index (κ1) is 40.6. The molecule has 0 bridgehead atoms. The summed E-state index contributed by atoms with van der Waals surface area (Å²) in [7, 11) is 5.79. The Morgan fingerprint density at radius 2 is 1.70 bits per heavy atom. The summed E-state index contributed by atoms with van der Waals surface area (Å²) < 4.78 is 30.9. The predicted octanol–water partition coefficient (Wildman–Crippen LogP) is 6.37. The fourth-order valence-electron chi connectivity index (χ4n) is 6.80. The highest BCUT2D eigenvalue weighted by Gasteiger charge is 2.46. The molecule has 10 heteroatoms. The molecule has 0 radical (unpaired) electrons. The fraction of sp³-hybridized carbons (Fsp3) is 0.806.